The predicted octanol–water partition coefficient (Wildman–Crippen LogP) is -2.14. The van der Waals surface area contributed by atoms with Gasteiger partial charge in [-0.15, -0.1) is 0 Å². The van der Waals surface area contributed by atoms with Crippen LogP contribution in [0.15, 0.2) is 34.4 Å². The van der Waals surface area contributed by atoms with E-state index >= 15 is 0 Å². The molecule has 7 nitrogen and oxygen atoms in total. The standard InChI is InChI=1S/C7H13N7/c1-2-4(8)3-5-12-6(9)14-7(10,11)13-5/h2-3H,1,8,10-11H2,(H3,9,12,13,14). The molecule has 0 bridgehead atoms. The Morgan fingerprint density at radius 3 is 2.57 bits per heavy atom. The Morgan fingerprint density at radius 2 is 2.07 bits per heavy atom. The topological polar surface area (TPSA) is 141 Å². The van der Waals surface area contributed by atoms with Gasteiger partial charge in [0, 0.05) is 11.8 Å². The molecule has 0 amide bonds. The van der Waals surface area contributed by atoms with Crippen molar-refractivity contribution >= 4 is 11.8 Å². The van der Waals surface area contributed by atoms with Crippen LogP contribution in [-0.4, -0.2) is 17.7 Å². The Hall–Kier alpha value is -1.86. The van der Waals surface area contributed by atoms with E-state index in [0.717, 1.165) is 0 Å². The van der Waals surface area contributed by atoms with E-state index in [1.54, 1.807) is 0 Å². The molecule has 0 spiro atoms. The number of hydrogen-bond acceptors (Lipinski definition) is 7. The van der Waals surface area contributed by atoms with Crippen LogP contribution in [0.4, 0.5) is 0 Å². The normalized spacial score (nSPS) is 20.6. The highest BCUT2D eigenvalue weighted by molar-refractivity contribution is 6.06. The fourth-order valence-electron chi connectivity index (χ4n) is 0.883. The van der Waals surface area contributed by atoms with E-state index in [0.29, 0.717) is 11.5 Å². The van der Waals surface area contributed by atoms with Crippen molar-refractivity contribution in [3.63, 3.8) is 0 Å². The van der Waals surface area contributed by atoms with Crippen LogP contribution >= 0.6 is 0 Å². The van der Waals surface area contributed by atoms with Gasteiger partial charge in [-0.25, -0.2) is 4.99 Å². The fourth-order valence-corrected chi connectivity index (χ4v) is 0.883. The van der Waals surface area contributed by atoms with Gasteiger partial charge in [-0.2, -0.15) is 4.99 Å². The summed E-state index contributed by atoms with van der Waals surface area (Å²) in [5.41, 5.74) is 22.3. The molecule has 0 unspecified atom stereocenters. The van der Waals surface area contributed by atoms with Crippen LogP contribution < -0.4 is 28.3 Å². The van der Waals surface area contributed by atoms with Crippen molar-refractivity contribution in [3.05, 3.63) is 24.4 Å². The number of nitrogens with two attached hydrogens (primary N) is 4. The van der Waals surface area contributed by atoms with E-state index in [1.807, 2.05) is 0 Å². The van der Waals surface area contributed by atoms with Crippen molar-refractivity contribution in [2.45, 2.75) is 5.91 Å². The number of rotatable bonds is 2. The molecule has 1 aliphatic rings. The van der Waals surface area contributed by atoms with E-state index in [1.165, 1.54) is 12.2 Å². The zero-order chi connectivity index (χ0) is 10.8. The van der Waals surface area contributed by atoms with Gasteiger partial charge < -0.3 is 16.8 Å². The average molecular weight is 195 g/mol. The Balaban J connectivity index is 2.93. The number of allylic oxidation sites excluding steroid dienone is 1. The third-order valence-corrected chi connectivity index (χ3v) is 1.39. The van der Waals surface area contributed by atoms with E-state index in [9.17, 15) is 0 Å². The predicted molar refractivity (Wildman–Crippen MR) is 55.8 cm³/mol. The summed E-state index contributed by atoms with van der Waals surface area (Å²) < 4.78 is 0. The highest BCUT2D eigenvalue weighted by Crippen LogP contribution is 2.01. The maximum atomic E-state index is 5.50. The summed E-state index contributed by atoms with van der Waals surface area (Å²) in [5.74, 6) is -1.10. The Kier molecular flexibility index (Phi) is 2.54. The molecule has 0 saturated carbocycles. The Bertz CT molecular complexity index is 336. The van der Waals surface area contributed by atoms with Gasteiger partial charge in [-0.1, -0.05) is 6.58 Å². The van der Waals surface area contributed by atoms with Crippen molar-refractivity contribution < 1.29 is 0 Å². The lowest BCUT2D eigenvalue weighted by Gasteiger charge is -2.21. The highest BCUT2D eigenvalue weighted by Gasteiger charge is 2.21. The second-order valence-electron chi connectivity index (χ2n) is 2.75. The fraction of sp³-hybridized carbons (Fsp3) is 0.143. The summed E-state index contributed by atoms with van der Waals surface area (Å²) in [4.78, 5) is 7.50. The van der Waals surface area contributed by atoms with Gasteiger partial charge in [-0.05, 0) is 6.08 Å². The average Bonchev–Trinajstić information content (AvgIpc) is 1.99. The molecule has 1 heterocycles. The minimum Gasteiger partial charge on any atom is -0.399 e. The molecule has 7 heteroatoms. The first-order valence-corrected chi connectivity index (χ1v) is 3.82. The summed E-state index contributed by atoms with van der Waals surface area (Å²) >= 11 is 0. The lowest BCUT2D eigenvalue weighted by atomic mass is 10.3. The number of aliphatic imine (C=N–C) groups is 2. The van der Waals surface area contributed by atoms with E-state index in [-0.39, 0.29) is 5.96 Å². The minimum atomic E-state index is -1.54. The van der Waals surface area contributed by atoms with E-state index in [2.05, 4.69) is 21.9 Å². The molecule has 14 heavy (non-hydrogen) atoms. The number of nitrogens with zero attached hydrogens (tertiary/aromatic N) is 2. The maximum absolute atomic E-state index is 5.50. The molecule has 0 atom stereocenters. The van der Waals surface area contributed by atoms with Crippen molar-refractivity contribution in [1.82, 2.24) is 5.32 Å². The highest BCUT2D eigenvalue weighted by atomic mass is 15.4. The molecule has 0 aromatic heterocycles. The van der Waals surface area contributed by atoms with Crippen LogP contribution in [0.5, 0.6) is 0 Å². The first kappa shape index (κ1) is 10.2. The monoisotopic (exact) mass is 195 g/mol. The van der Waals surface area contributed by atoms with Crippen molar-refractivity contribution in [3.8, 4) is 0 Å². The zero-order valence-corrected chi connectivity index (χ0v) is 7.57. The molecule has 0 aromatic rings. The lowest BCUT2D eigenvalue weighted by Crippen LogP contribution is -2.54. The summed E-state index contributed by atoms with van der Waals surface area (Å²) in [6.45, 7) is 3.48. The number of amidine groups is 1. The van der Waals surface area contributed by atoms with Gasteiger partial charge in [0.2, 0.25) is 0 Å². The largest absolute Gasteiger partial charge is 0.399 e. The molecule has 0 saturated heterocycles. The van der Waals surface area contributed by atoms with Crippen LogP contribution in [0.25, 0.3) is 0 Å². The first-order chi connectivity index (χ1) is 6.43. The zero-order valence-electron chi connectivity index (χ0n) is 7.57. The second-order valence-corrected chi connectivity index (χ2v) is 2.75. The van der Waals surface area contributed by atoms with Crippen LogP contribution in [0.1, 0.15) is 0 Å². The van der Waals surface area contributed by atoms with Crippen molar-refractivity contribution in [2.75, 3.05) is 0 Å². The molecule has 76 valence electrons. The minimum absolute atomic E-state index is 0.0908. The molecule has 0 aliphatic carbocycles. The maximum Gasteiger partial charge on any atom is 0.264 e. The summed E-state index contributed by atoms with van der Waals surface area (Å²) in [6.07, 6.45) is 2.96. The molecule has 0 radical (unpaired) electrons. The van der Waals surface area contributed by atoms with Crippen molar-refractivity contribution in [1.29, 1.82) is 0 Å². The van der Waals surface area contributed by atoms with Gasteiger partial charge in [-0.3, -0.25) is 11.5 Å². The van der Waals surface area contributed by atoms with Gasteiger partial charge >= 0.3 is 0 Å². The van der Waals surface area contributed by atoms with E-state index in [4.69, 9.17) is 22.9 Å². The summed E-state index contributed by atoms with van der Waals surface area (Å²) in [5, 5.41) is 2.65. The molecular formula is C7H13N7. The third-order valence-electron chi connectivity index (χ3n) is 1.39. The summed E-state index contributed by atoms with van der Waals surface area (Å²) in [7, 11) is 0. The third kappa shape index (κ3) is 2.57. The molecule has 0 aromatic carbocycles. The van der Waals surface area contributed by atoms with Crippen LogP contribution in [0.3, 0.4) is 0 Å². The lowest BCUT2D eigenvalue weighted by molar-refractivity contribution is 0.482. The number of hydrogen-bond donors (Lipinski definition) is 5. The van der Waals surface area contributed by atoms with Crippen LogP contribution in [0.2, 0.25) is 0 Å². The molecule has 1 rings (SSSR count). The molecule has 9 N–H and O–H groups in total. The van der Waals surface area contributed by atoms with Gasteiger partial charge in [0.1, 0.15) is 5.84 Å². The second kappa shape index (κ2) is 3.48. The van der Waals surface area contributed by atoms with Crippen LogP contribution in [0, 0.1) is 0 Å². The molecular weight excluding hydrogens is 182 g/mol. The van der Waals surface area contributed by atoms with Crippen molar-refractivity contribution in [2.24, 2.45) is 32.9 Å². The number of guanidine groups is 1. The van der Waals surface area contributed by atoms with E-state index < -0.39 is 5.91 Å². The van der Waals surface area contributed by atoms with Gasteiger partial charge in [0.15, 0.2) is 5.96 Å². The van der Waals surface area contributed by atoms with Gasteiger partial charge in [0.25, 0.3) is 5.91 Å². The Morgan fingerprint density at radius 1 is 1.43 bits per heavy atom. The molecule has 1 aliphatic heterocycles. The summed E-state index contributed by atoms with van der Waals surface area (Å²) in [6, 6.07) is 0. The number of nitrogens with one attached hydrogen (secondary N) is 1. The van der Waals surface area contributed by atoms with Gasteiger partial charge in [0.05, 0.1) is 0 Å². The first-order valence-electron chi connectivity index (χ1n) is 3.82. The SMILES string of the molecule is C=CC(N)=CC1=NC(N)(N)N=C(N)N1. The van der Waals surface area contributed by atoms with Crippen LogP contribution in [-0.2, 0) is 0 Å². The smallest absolute Gasteiger partial charge is 0.264 e. The molecule has 0 fully saturated rings. The Labute approximate surface area is 81.2 Å². The quantitative estimate of drug-likeness (QED) is 0.252.